The highest BCUT2D eigenvalue weighted by Gasteiger charge is 2.36. The Morgan fingerprint density at radius 1 is 0.926 bits per heavy atom. The summed E-state index contributed by atoms with van der Waals surface area (Å²) in [5.74, 6) is -1.37. The molecular formula is C21H22N2O4. The van der Waals surface area contributed by atoms with Crippen molar-refractivity contribution in [3.63, 3.8) is 0 Å². The number of carbonyl (C=O) groups is 2. The van der Waals surface area contributed by atoms with Gasteiger partial charge in [0.25, 0.3) is 11.8 Å². The van der Waals surface area contributed by atoms with Gasteiger partial charge < -0.3 is 20.4 Å². The second-order valence-corrected chi connectivity index (χ2v) is 7.15. The van der Waals surface area contributed by atoms with E-state index in [1.54, 1.807) is 0 Å². The predicted octanol–water partition coefficient (Wildman–Crippen LogP) is 1.05. The molecule has 0 saturated carbocycles. The minimum absolute atomic E-state index is 0.207. The van der Waals surface area contributed by atoms with Crippen LogP contribution in [0, 0.1) is 0 Å². The number of benzene rings is 2. The largest absolute Gasteiger partial charge is 0.380 e. The van der Waals surface area contributed by atoms with E-state index in [1.807, 2.05) is 48.5 Å². The minimum Gasteiger partial charge on any atom is -0.380 e. The van der Waals surface area contributed by atoms with Crippen LogP contribution in [0.4, 0.5) is 0 Å². The zero-order chi connectivity index (χ0) is 19.0. The number of nitrogens with one attached hydrogen (secondary N) is 1. The van der Waals surface area contributed by atoms with E-state index in [-0.39, 0.29) is 6.04 Å². The molecular weight excluding hydrogens is 344 g/mol. The first-order valence-electron chi connectivity index (χ1n) is 9.14. The second-order valence-electron chi connectivity index (χ2n) is 7.15. The van der Waals surface area contributed by atoms with Crippen molar-refractivity contribution in [3.05, 3.63) is 70.8 Å². The molecule has 3 N–H and O–H groups in total. The summed E-state index contributed by atoms with van der Waals surface area (Å²) in [7, 11) is 0. The lowest BCUT2D eigenvalue weighted by molar-refractivity contribution is -0.153. The summed E-state index contributed by atoms with van der Waals surface area (Å²) >= 11 is 0. The molecule has 0 bridgehead atoms. The van der Waals surface area contributed by atoms with Gasteiger partial charge in [0.15, 0.2) is 12.2 Å². The van der Waals surface area contributed by atoms with Crippen molar-refractivity contribution in [1.82, 2.24) is 10.2 Å². The maximum absolute atomic E-state index is 12.5. The van der Waals surface area contributed by atoms with Crippen LogP contribution < -0.4 is 5.32 Å². The van der Waals surface area contributed by atoms with Crippen molar-refractivity contribution in [1.29, 1.82) is 0 Å². The first kappa shape index (κ1) is 17.7. The number of fused-ring (bicyclic) bond motifs is 2. The number of carbonyl (C=O) groups excluding carboxylic acids is 2. The molecule has 0 radical (unpaired) electrons. The van der Waals surface area contributed by atoms with Gasteiger partial charge in [0.05, 0.1) is 6.04 Å². The standard InChI is InChI=1S/C21H22N2O4/c24-18(20(26)22-17-10-9-13-5-3-4-8-16(13)17)19(25)21(27)23-11-14-6-1-2-7-15(14)12-23/h1-8,17-19,24-25H,9-12H2,(H,22,26)/t17-,18+,19+/m0/s1. The molecule has 2 amide bonds. The third-order valence-corrected chi connectivity index (χ3v) is 5.42. The Morgan fingerprint density at radius 3 is 2.19 bits per heavy atom. The van der Waals surface area contributed by atoms with Gasteiger partial charge in [0.1, 0.15) is 0 Å². The fourth-order valence-electron chi connectivity index (χ4n) is 3.92. The van der Waals surface area contributed by atoms with Gasteiger partial charge in [0, 0.05) is 13.1 Å². The molecule has 0 fully saturated rings. The molecule has 6 heteroatoms. The van der Waals surface area contributed by atoms with Crippen molar-refractivity contribution in [2.45, 2.75) is 44.2 Å². The fraction of sp³-hybridized carbons (Fsp3) is 0.333. The van der Waals surface area contributed by atoms with Gasteiger partial charge in [-0.3, -0.25) is 9.59 Å². The van der Waals surface area contributed by atoms with Gasteiger partial charge in [-0.25, -0.2) is 0 Å². The summed E-state index contributed by atoms with van der Waals surface area (Å²) in [6, 6.07) is 15.3. The van der Waals surface area contributed by atoms with Crippen LogP contribution in [0.1, 0.15) is 34.7 Å². The van der Waals surface area contributed by atoms with Crippen molar-refractivity contribution in [2.75, 3.05) is 0 Å². The Morgan fingerprint density at radius 2 is 1.52 bits per heavy atom. The van der Waals surface area contributed by atoms with E-state index in [4.69, 9.17) is 0 Å². The first-order chi connectivity index (χ1) is 13.0. The van der Waals surface area contributed by atoms with Crippen molar-refractivity contribution in [2.24, 2.45) is 0 Å². The van der Waals surface area contributed by atoms with Crippen LogP contribution in [0.2, 0.25) is 0 Å². The lowest BCUT2D eigenvalue weighted by Crippen LogP contribution is -2.50. The van der Waals surface area contributed by atoms with Gasteiger partial charge in [-0.15, -0.1) is 0 Å². The van der Waals surface area contributed by atoms with E-state index in [2.05, 4.69) is 5.32 Å². The Hall–Kier alpha value is -2.70. The van der Waals surface area contributed by atoms with Crippen LogP contribution in [0.5, 0.6) is 0 Å². The number of aliphatic hydroxyl groups is 2. The highest BCUT2D eigenvalue weighted by Crippen LogP contribution is 2.31. The summed E-state index contributed by atoms with van der Waals surface area (Å²) in [5.41, 5.74) is 4.22. The summed E-state index contributed by atoms with van der Waals surface area (Å²) in [4.78, 5) is 26.4. The van der Waals surface area contributed by atoms with Gasteiger partial charge in [-0.1, -0.05) is 48.5 Å². The topological polar surface area (TPSA) is 89.9 Å². The second kappa shape index (κ2) is 7.13. The van der Waals surface area contributed by atoms with Crippen LogP contribution in [-0.4, -0.2) is 39.1 Å². The third kappa shape index (κ3) is 3.34. The third-order valence-electron chi connectivity index (χ3n) is 5.42. The average molecular weight is 366 g/mol. The van der Waals surface area contributed by atoms with E-state index in [1.165, 1.54) is 10.5 Å². The van der Waals surface area contributed by atoms with E-state index in [0.717, 1.165) is 29.5 Å². The Kier molecular flexibility index (Phi) is 4.68. The molecule has 0 saturated heterocycles. The molecule has 1 heterocycles. The quantitative estimate of drug-likeness (QED) is 0.755. The minimum atomic E-state index is -1.80. The number of nitrogens with zero attached hydrogens (tertiary/aromatic N) is 1. The summed E-state index contributed by atoms with van der Waals surface area (Å²) < 4.78 is 0. The first-order valence-corrected chi connectivity index (χ1v) is 9.14. The van der Waals surface area contributed by atoms with Crippen molar-refractivity contribution in [3.8, 4) is 0 Å². The number of aliphatic hydroxyl groups excluding tert-OH is 2. The lowest BCUT2D eigenvalue weighted by Gasteiger charge is -2.24. The summed E-state index contributed by atoms with van der Waals surface area (Å²) in [6.45, 7) is 0.743. The summed E-state index contributed by atoms with van der Waals surface area (Å²) in [6.07, 6.45) is -1.99. The predicted molar refractivity (Wildman–Crippen MR) is 98.4 cm³/mol. The molecule has 1 aliphatic carbocycles. The van der Waals surface area contributed by atoms with E-state index < -0.39 is 24.0 Å². The summed E-state index contributed by atoms with van der Waals surface area (Å²) in [5, 5.41) is 23.3. The van der Waals surface area contributed by atoms with Gasteiger partial charge in [-0.2, -0.15) is 0 Å². The van der Waals surface area contributed by atoms with Crippen molar-refractivity contribution >= 4 is 11.8 Å². The van der Waals surface area contributed by atoms with E-state index >= 15 is 0 Å². The average Bonchev–Trinajstić information content (AvgIpc) is 3.30. The number of hydrogen-bond acceptors (Lipinski definition) is 4. The van der Waals surface area contributed by atoms with Gasteiger partial charge in [0.2, 0.25) is 0 Å². The SMILES string of the molecule is O=C(N[C@H]1CCc2ccccc21)[C@H](O)[C@@H](O)C(=O)N1Cc2ccccc2C1. The Balaban J connectivity index is 1.38. The molecule has 27 heavy (non-hydrogen) atoms. The maximum Gasteiger partial charge on any atom is 0.255 e. The Labute approximate surface area is 157 Å². The van der Waals surface area contributed by atoms with Gasteiger partial charge >= 0.3 is 0 Å². The Bertz CT molecular complexity index is 857. The molecule has 3 atom stereocenters. The van der Waals surface area contributed by atoms with Gasteiger partial charge in [-0.05, 0) is 35.1 Å². The highest BCUT2D eigenvalue weighted by atomic mass is 16.3. The molecule has 0 unspecified atom stereocenters. The molecule has 0 spiro atoms. The van der Waals surface area contributed by atoms with Crippen LogP contribution >= 0.6 is 0 Å². The van der Waals surface area contributed by atoms with E-state index in [0.29, 0.717) is 13.1 Å². The molecule has 140 valence electrons. The zero-order valence-corrected chi connectivity index (χ0v) is 14.8. The molecule has 2 aromatic carbocycles. The lowest BCUT2D eigenvalue weighted by atomic mass is 10.1. The molecule has 0 aromatic heterocycles. The maximum atomic E-state index is 12.5. The van der Waals surface area contributed by atoms with Crippen molar-refractivity contribution < 1.29 is 19.8 Å². The van der Waals surface area contributed by atoms with Crippen LogP contribution in [0.3, 0.4) is 0 Å². The zero-order valence-electron chi connectivity index (χ0n) is 14.8. The van der Waals surface area contributed by atoms with Crippen LogP contribution in [-0.2, 0) is 29.1 Å². The normalized spacial score (nSPS) is 19.9. The monoisotopic (exact) mass is 366 g/mol. The van der Waals surface area contributed by atoms with Crippen LogP contribution in [0.25, 0.3) is 0 Å². The number of rotatable bonds is 4. The fourth-order valence-corrected chi connectivity index (χ4v) is 3.92. The number of hydrogen-bond donors (Lipinski definition) is 3. The molecule has 2 aliphatic rings. The highest BCUT2D eigenvalue weighted by molar-refractivity contribution is 5.91. The smallest absolute Gasteiger partial charge is 0.255 e. The van der Waals surface area contributed by atoms with E-state index in [9.17, 15) is 19.8 Å². The number of amides is 2. The molecule has 1 aliphatic heterocycles. The molecule has 2 aromatic rings. The number of aryl methyl sites for hydroxylation is 1. The van der Waals surface area contributed by atoms with Crippen LogP contribution in [0.15, 0.2) is 48.5 Å². The molecule has 4 rings (SSSR count). The molecule has 6 nitrogen and oxygen atoms in total.